The normalized spacial score (nSPS) is 10.2. The van der Waals surface area contributed by atoms with Crippen LogP contribution in [0.4, 0.5) is 0 Å². The average molecular weight is 342 g/mol. The molecule has 0 aliphatic heterocycles. The minimum atomic E-state index is 0.857. The summed E-state index contributed by atoms with van der Waals surface area (Å²) < 4.78 is 0.857. The van der Waals surface area contributed by atoms with E-state index in [1.54, 1.807) is 12.4 Å². The first-order chi connectivity index (χ1) is 6.20. The molecule has 0 saturated carbocycles. The van der Waals surface area contributed by atoms with Crippen LogP contribution in [0.2, 0.25) is 0 Å². The van der Waals surface area contributed by atoms with Gasteiger partial charge in [0.15, 0.2) is 0 Å². The van der Waals surface area contributed by atoms with Gasteiger partial charge in [-0.2, -0.15) is 0 Å². The quantitative estimate of drug-likeness (QED) is 0.841. The van der Waals surface area contributed by atoms with Crippen LogP contribution >= 0.6 is 0 Å². The van der Waals surface area contributed by atoms with Crippen LogP contribution in [0.15, 0.2) is 43.3 Å². The molecule has 66 valence electrons. The van der Waals surface area contributed by atoms with Crippen LogP contribution in [0, 0.1) is 0 Å². The molecule has 0 amide bonds. The number of aromatic nitrogens is 1. The van der Waals surface area contributed by atoms with Gasteiger partial charge < -0.3 is 0 Å². The van der Waals surface area contributed by atoms with Crippen LogP contribution in [-0.4, -0.2) is 9.01 Å². The van der Waals surface area contributed by atoms with Crippen LogP contribution in [0.1, 0.15) is 5.56 Å². The molecule has 0 radical (unpaired) electrons. The van der Waals surface area contributed by atoms with Gasteiger partial charge in [0.1, 0.15) is 0 Å². The Hall–Kier alpha value is -0.852. The number of nitrogens with two attached hydrogens (primary N) is 1. The number of hydrogen-bond acceptors (Lipinski definition) is 2. The summed E-state index contributed by atoms with van der Waals surface area (Å²) in [6, 6.07) is 3.84. The number of pyridine rings is 1. The second-order valence-electron chi connectivity index (χ2n) is 2.50. The van der Waals surface area contributed by atoms with Gasteiger partial charge >= 0.3 is 88.5 Å². The van der Waals surface area contributed by atoms with Crippen molar-refractivity contribution >= 4 is 9.59 Å². The second kappa shape index (κ2) is 5.00. The van der Waals surface area contributed by atoms with Gasteiger partial charge in [0, 0.05) is 0 Å². The van der Waals surface area contributed by atoms with Crippen molar-refractivity contribution in [1.82, 2.24) is 4.98 Å². The van der Waals surface area contributed by atoms with Crippen LogP contribution in [-0.2, 0) is 19.4 Å². The molecular formula is C10H10N2W. The predicted octanol–water partition coefficient (Wildman–Crippen LogP) is 1.29. The van der Waals surface area contributed by atoms with Crippen molar-refractivity contribution in [3.05, 3.63) is 48.8 Å². The Balaban J connectivity index is 2.76. The third-order valence-electron chi connectivity index (χ3n) is 1.50. The molecule has 0 aliphatic rings. The molecule has 1 aromatic rings. The second-order valence-corrected chi connectivity index (χ2v) is 4.19. The van der Waals surface area contributed by atoms with Gasteiger partial charge in [-0.15, -0.1) is 0 Å². The van der Waals surface area contributed by atoms with E-state index in [0.717, 1.165) is 15.2 Å². The molecule has 13 heavy (non-hydrogen) atoms. The van der Waals surface area contributed by atoms with Gasteiger partial charge in [0.25, 0.3) is 0 Å². The Bertz CT molecular complexity index is 341. The van der Waals surface area contributed by atoms with E-state index in [9.17, 15) is 0 Å². The van der Waals surface area contributed by atoms with Crippen LogP contribution < -0.4 is 5.73 Å². The molecule has 1 heterocycles. The summed E-state index contributed by atoms with van der Waals surface area (Å²) in [5.74, 6) is 0. The van der Waals surface area contributed by atoms with Gasteiger partial charge in [0.05, 0.1) is 0 Å². The van der Waals surface area contributed by atoms with E-state index >= 15 is 0 Å². The summed E-state index contributed by atoms with van der Waals surface area (Å²) >= 11 is 1.27. The number of rotatable bonds is 3. The Kier molecular flexibility index (Phi) is 3.94. The maximum atomic E-state index is 5.53. The molecule has 0 fully saturated rings. The topological polar surface area (TPSA) is 38.9 Å². The van der Waals surface area contributed by atoms with Gasteiger partial charge in [-0.3, -0.25) is 0 Å². The summed E-state index contributed by atoms with van der Waals surface area (Å²) in [5, 5.41) is 0. The van der Waals surface area contributed by atoms with Gasteiger partial charge in [0.2, 0.25) is 0 Å². The molecule has 0 bridgehead atoms. The number of allylic oxidation sites excluding steroid dienone is 2. The van der Waals surface area contributed by atoms with E-state index in [0.29, 0.717) is 0 Å². The standard InChI is InChI=1S/C10H10N2.W/c1-9(3-2-6-11)10-4-7-12-8-5-10;/h2-5,7-8H,1,11H2;. The molecule has 0 aromatic carbocycles. The first-order valence-corrected chi connectivity index (χ1v) is 5.23. The Labute approximate surface area is 88.6 Å². The Morgan fingerprint density at radius 2 is 2.00 bits per heavy atom. The summed E-state index contributed by atoms with van der Waals surface area (Å²) in [4.78, 5) is 3.93. The molecule has 1 rings (SSSR count). The fourth-order valence-corrected chi connectivity index (χ4v) is 1.09. The predicted molar refractivity (Wildman–Crippen MR) is 51.6 cm³/mol. The summed E-state index contributed by atoms with van der Waals surface area (Å²) in [5.41, 5.74) is 7.55. The van der Waals surface area contributed by atoms with Crippen molar-refractivity contribution in [2.45, 2.75) is 0 Å². The van der Waals surface area contributed by atoms with Crippen molar-refractivity contribution in [2.75, 3.05) is 0 Å². The van der Waals surface area contributed by atoms with E-state index in [-0.39, 0.29) is 0 Å². The van der Waals surface area contributed by atoms with Crippen molar-refractivity contribution in [3.63, 3.8) is 0 Å². The fourth-order valence-electron chi connectivity index (χ4n) is 0.845. The summed E-state index contributed by atoms with van der Waals surface area (Å²) in [7, 11) is 0. The summed E-state index contributed by atoms with van der Waals surface area (Å²) in [6.45, 7) is 3.92. The molecule has 3 heteroatoms. The van der Waals surface area contributed by atoms with Crippen LogP contribution in [0.3, 0.4) is 0 Å². The van der Waals surface area contributed by atoms with E-state index in [1.165, 1.54) is 19.4 Å². The molecular weight excluding hydrogens is 332 g/mol. The molecule has 1 aromatic heterocycles. The number of hydrogen-bond donors (Lipinski definition) is 1. The summed E-state index contributed by atoms with van der Waals surface area (Å²) in [6.07, 6.45) is 7.28. The Morgan fingerprint density at radius 3 is 2.54 bits per heavy atom. The van der Waals surface area contributed by atoms with Crippen molar-refractivity contribution in [3.8, 4) is 0 Å². The molecule has 2 N–H and O–H groups in total. The van der Waals surface area contributed by atoms with Crippen LogP contribution in [0.5, 0.6) is 0 Å². The molecule has 2 nitrogen and oxygen atoms in total. The minimum absolute atomic E-state index is 0.857. The first-order valence-electron chi connectivity index (χ1n) is 3.77. The zero-order chi connectivity index (χ0) is 9.68. The third kappa shape index (κ3) is 3.58. The maximum absolute atomic E-state index is 5.53. The fraction of sp³-hybridized carbons (Fsp3) is 0. The molecule has 0 unspecified atom stereocenters. The number of nitrogens with zero attached hydrogens (tertiary/aromatic N) is 1. The van der Waals surface area contributed by atoms with Gasteiger partial charge in [-0.25, -0.2) is 0 Å². The third-order valence-corrected chi connectivity index (χ3v) is 1.99. The van der Waals surface area contributed by atoms with Crippen LogP contribution in [0.25, 0.3) is 5.57 Å². The molecule has 0 atom stereocenters. The SMILES string of the molecule is C=C(C=C[C](N)=[W])c1ccncc1. The monoisotopic (exact) mass is 342 g/mol. The first kappa shape index (κ1) is 10.2. The van der Waals surface area contributed by atoms with Gasteiger partial charge in [-0.05, 0) is 0 Å². The molecule has 0 aliphatic carbocycles. The van der Waals surface area contributed by atoms with E-state index in [4.69, 9.17) is 5.73 Å². The Morgan fingerprint density at radius 1 is 1.38 bits per heavy atom. The molecule has 0 saturated heterocycles. The zero-order valence-electron chi connectivity index (χ0n) is 7.10. The zero-order valence-corrected chi connectivity index (χ0v) is 10.0. The van der Waals surface area contributed by atoms with Crippen molar-refractivity contribution in [2.24, 2.45) is 5.73 Å². The average Bonchev–Trinajstić information content (AvgIpc) is 2.15. The molecule has 0 spiro atoms. The van der Waals surface area contributed by atoms with E-state index < -0.39 is 0 Å². The van der Waals surface area contributed by atoms with E-state index in [2.05, 4.69) is 11.6 Å². The van der Waals surface area contributed by atoms with Crippen molar-refractivity contribution < 1.29 is 19.4 Å². The van der Waals surface area contributed by atoms with Gasteiger partial charge in [-0.1, -0.05) is 0 Å². The van der Waals surface area contributed by atoms with E-state index in [1.807, 2.05) is 24.3 Å². The van der Waals surface area contributed by atoms with Crippen molar-refractivity contribution in [1.29, 1.82) is 0 Å².